The Morgan fingerprint density at radius 2 is 1.67 bits per heavy atom. The maximum atomic E-state index is 12.9. The number of halogens is 1. The van der Waals surface area contributed by atoms with Gasteiger partial charge in [-0.3, -0.25) is 19.7 Å². The molecule has 10 heteroatoms. The van der Waals surface area contributed by atoms with Gasteiger partial charge in [0.2, 0.25) is 0 Å². The molecule has 0 aliphatic heterocycles. The van der Waals surface area contributed by atoms with Crippen LogP contribution < -0.4 is 10.6 Å². The Morgan fingerprint density at radius 1 is 0.939 bits per heavy atom. The van der Waals surface area contributed by atoms with Gasteiger partial charge in [-0.05, 0) is 42.5 Å². The molecule has 2 N–H and O–H groups in total. The summed E-state index contributed by atoms with van der Waals surface area (Å²) in [4.78, 5) is 40.1. The fourth-order valence-corrected chi connectivity index (χ4v) is 3.95. The van der Waals surface area contributed by atoms with Gasteiger partial charge in [0.1, 0.15) is 5.01 Å². The lowest BCUT2D eigenvalue weighted by molar-refractivity contribution is -0.384. The van der Waals surface area contributed by atoms with Crippen LogP contribution in [0.2, 0.25) is 5.02 Å². The van der Waals surface area contributed by atoms with Gasteiger partial charge in [-0.25, -0.2) is 4.98 Å². The average molecular weight is 479 g/mol. The number of rotatable bonds is 6. The molecule has 2 amide bonds. The highest BCUT2D eigenvalue weighted by molar-refractivity contribution is 7.13. The number of para-hydroxylation sites is 1. The molecule has 1 heterocycles. The molecule has 0 radical (unpaired) electrons. The van der Waals surface area contributed by atoms with E-state index in [4.69, 9.17) is 11.6 Å². The average Bonchev–Trinajstić information content (AvgIpc) is 3.34. The highest BCUT2D eigenvalue weighted by atomic mass is 35.5. The highest BCUT2D eigenvalue weighted by Crippen LogP contribution is 2.26. The van der Waals surface area contributed by atoms with Crippen LogP contribution in [0.15, 0.2) is 78.3 Å². The molecular formula is C23H15ClN4O4S. The van der Waals surface area contributed by atoms with Gasteiger partial charge in [-0.1, -0.05) is 23.7 Å². The van der Waals surface area contributed by atoms with Crippen LogP contribution in [0.5, 0.6) is 0 Å². The Hall–Kier alpha value is -4.08. The number of benzene rings is 3. The summed E-state index contributed by atoms with van der Waals surface area (Å²) >= 11 is 7.57. The molecule has 164 valence electrons. The van der Waals surface area contributed by atoms with Crippen molar-refractivity contribution in [3.05, 3.63) is 105 Å². The van der Waals surface area contributed by atoms with E-state index in [2.05, 4.69) is 15.6 Å². The van der Waals surface area contributed by atoms with Crippen molar-refractivity contribution in [1.29, 1.82) is 0 Å². The number of carbonyl (C=O) groups is 2. The molecule has 33 heavy (non-hydrogen) atoms. The first-order valence-corrected chi connectivity index (χ1v) is 10.8. The first-order valence-electron chi connectivity index (χ1n) is 9.58. The van der Waals surface area contributed by atoms with E-state index in [1.807, 2.05) is 17.5 Å². The summed E-state index contributed by atoms with van der Waals surface area (Å²) in [6.07, 6.45) is 1.73. The number of nitrogens with one attached hydrogen (secondary N) is 2. The Kier molecular flexibility index (Phi) is 6.43. The van der Waals surface area contributed by atoms with Crippen LogP contribution in [0.4, 0.5) is 17.1 Å². The second-order valence-corrected chi connectivity index (χ2v) is 8.09. The molecule has 0 aliphatic rings. The molecule has 4 rings (SSSR count). The Labute approximate surface area is 197 Å². The fourth-order valence-electron chi connectivity index (χ4n) is 3.04. The summed E-state index contributed by atoms with van der Waals surface area (Å²) in [5.74, 6) is -1.01. The van der Waals surface area contributed by atoms with Crippen LogP contribution in [0, 0.1) is 10.1 Å². The molecule has 8 nitrogen and oxygen atoms in total. The van der Waals surface area contributed by atoms with Crippen LogP contribution in [0.1, 0.15) is 20.7 Å². The smallest absolute Gasteiger partial charge is 0.270 e. The van der Waals surface area contributed by atoms with Gasteiger partial charge in [0, 0.05) is 35.0 Å². The summed E-state index contributed by atoms with van der Waals surface area (Å²) in [7, 11) is 0. The van der Waals surface area contributed by atoms with Crippen LogP contribution in [-0.4, -0.2) is 21.7 Å². The molecule has 0 saturated carbocycles. The van der Waals surface area contributed by atoms with Crippen molar-refractivity contribution in [2.45, 2.75) is 0 Å². The predicted octanol–water partition coefficient (Wildman–Crippen LogP) is 5.88. The standard InChI is InChI=1S/C23H15ClN4O4S/c24-19-13-16(28(31)32)9-10-17(19)21(29)27-20-4-2-1-3-18(20)22(30)26-15-7-5-14(6-8-15)23-25-11-12-33-23/h1-13H,(H,26,30)(H,27,29). The maximum Gasteiger partial charge on any atom is 0.270 e. The number of non-ortho nitro benzene ring substituents is 1. The van der Waals surface area contributed by atoms with Gasteiger partial charge in [0.15, 0.2) is 0 Å². The molecule has 1 aromatic heterocycles. The van der Waals surface area contributed by atoms with Crippen LogP contribution in [0.3, 0.4) is 0 Å². The summed E-state index contributed by atoms with van der Waals surface area (Å²) in [6, 6.07) is 17.3. The third-order valence-electron chi connectivity index (χ3n) is 4.65. The first kappa shape index (κ1) is 22.1. The summed E-state index contributed by atoms with van der Waals surface area (Å²) in [5, 5.41) is 19.0. The Balaban J connectivity index is 1.50. The number of hydrogen-bond acceptors (Lipinski definition) is 6. The van der Waals surface area contributed by atoms with Gasteiger partial charge >= 0.3 is 0 Å². The van der Waals surface area contributed by atoms with Crippen molar-refractivity contribution < 1.29 is 14.5 Å². The van der Waals surface area contributed by atoms with Gasteiger partial charge < -0.3 is 10.6 Å². The Bertz CT molecular complexity index is 1340. The molecule has 0 unspecified atom stereocenters. The van der Waals surface area contributed by atoms with E-state index >= 15 is 0 Å². The molecule has 3 aromatic carbocycles. The van der Waals surface area contributed by atoms with E-state index in [1.165, 1.54) is 23.5 Å². The zero-order valence-electron chi connectivity index (χ0n) is 16.8. The van der Waals surface area contributed by atoms with Crippen molar-refractivity contribution in [3.63, 3.8) is 0 Å². The van der Waals surface area contributed by atoms with Crippen molar-refractivity contribution in [2.75, 3.05) is 10.6 Å². The lowest BCUT2D eigenvalue weighted by Gasteiger charge is -2.12. The van der Waals surface area contributed by atoms with Crippen molar-refractivity contribution in [1.82, 2.24) is 4.98 Å². The van der Waals surface area contributed by atoms with E-state index < -0.39 is 16.7 Å². The predicted molar refractivity (Wildman–Crippen MR) is 128 cm³/mol. The van der Waals surface area contributed by atoms with E-state index in [0.717, 1.165) is 16.6 Å². The number of nitro groups is 1. The summed E-state index contributed by atoms with van der Waals surface area (Å²) < 4.78 is 0. The van der Waals surface area contributed by atoms with Crippen molar-refractivity contribution in [2.24, 2.45) is 0 Å². The lowest BCUT2D eigenvalue weighted by Crippen LogP contribution is -2.18. The van der Waals surface area contributed by atoms with Gasteiger partial charge in [0.05, 0.1) is 26.8 Å². The summed E-state index contributed by atoms with van der Waals surface area (Å²) in [6.45, 7) is 0. The zero-order valence-corrected chi connectivity index (χ0v) is 18.4. The minimum absolute atomic E-state index is 0.0512. The number of thiazole rings is 1. The fraction of sp³-hybridized carbons (Fsp3) is 0. The van der Waals surface area contributed by atoms with Crippen LogP contribution in [0.25, 0.3) is 10.6 Å². The maximum absolute atomic E-state index is 12.9. The van der Waals surface area contributed by atoms with E-state index in [9.17, 15) is 19.7 Å². The second kappa shape index (κ2) is 9.60. The number of hydrogen-bond donors (Lipinski definition) is 2. The number of aromatic nitrogens is 1. The quantitative estimate of drug-likeness (QED) is 0.265. The number of nitrogens with zero attached hydrogens (tertiary/aromatic N) is 2. The van der Waals surface area contributed by atoms with Gasteiger partial charge in [-0.15, -0.1) is 11.3 Å². The molecule has 0 spiro atoms. The van der Waals surface area contributed by atoms with Crippen molar-refractivity contribution >= 4 is 51.8 Å². The molecule has 0 fully saturated rings. The zero-order chi connectivity index (χ0) is 23.4. The normalized spacial score (nSPS) is 10.5. The van der Waals surface area contributed by atoms with Gasteiger partial charge in [-0.2, -0.15) is 0 Å². The first-order chi connectivity index (χ1) is 15.9. The van der Waals surface area contributed by atoms with Crippen molar-refractivity contribution in [3.8, 4) is 10.6 Å². The molecule has 0 aliphatic carbocycles. The van der Waals surface area contributed by atoms with E-state index in [1.54, 1.807) is 42.6 Å². The number of anilines is 2. The largest absolute Gasteiger partial charge is 0.322 e. The third kappa shape index (κ3) is 5.05. The Morgan fingerprint density at radius 3 is 2.33 bits per heavy atom. The number of nitro benzene ring substituents is 1. The molecule has 0 atom stereocenters. The number of amides is 2. The third-order valence-corrected chi connectivity index (χ3v) is 5.78. The molecule has 4 aromatic rings. The van der Waals surface area contributed by atoms with Crippen LogP contribution in [-0.2, 0) is 0 Å². The highest BCUT2D eigenvalue weighted by Gasteiger charge is 2.18. The van der Waals surface area contributed by atoms with E-state index in [-0.39, 0.29) is 27.5 Å². The lowest BCUT2D eigenvalue weighted by atomic mass is 10.1. The topological polar surface area (TPSA) is 114 Å². The molecule has 0 bridgehead atoms. The summed E-state index contributed by atoms with van der Waals surface area (Å²) in [5.41, 5.74) is 1.87. The SMILES string of the molecule is O=C(Nc1ccccc1C(=O)Nc1ccc(-c2nccs2)cc1)c1ccc([N+](=O)[O-])cc1Cl. The second-order valence-electron chi connectivity index (χ2n) is 6.79. The minimum atomic E-state index is -0.601. The monoisotopic (exact) mass is 478 g/mol. The van der Waals surface area contributed by atoms with E-state index in [0.29, 0.717) is 5.69 Å². The minimum Gasteiger partial charge on any atom is -0.322 e. The van der Waals surface area contributed by atoms with Gasteiger partial charge in [0.25, 0.3) is 17.5 Å². The van der Waals surface area contributed by atoms with Crippen LogP contribution >= 0.6 is 22.9 Å². The number of carbonyl (C=O) groups excluding carboxylic acids is 2. The molecular weight excluding hydrogens is 464 g/mol. The molecule has 0 saturated heterocycles.